The number of nitrogens with zero attached hydrogens (tertiary/aromatic N) is 1. The van der Waals surface area contributed by atoms with Crippen LogP contribution in [-0.2, 0) is 23.8 Å². The molecule has 1 rings (SSSR count). The number of carbonyl (C=O) groups is 3. The third kappa shape index (κ3) is 5.42. The number of ether oxygens (including phenoxy) is 3. The summed E-state index contributed by atoms with van der Waals surface area (Å²) in [7, 11) is 0. The second-order valence-corrected chi connectivity index (χ2v) is 4.62. The van der Waals surface area contributed by atoms with E-state index >= 15 is 0 Å². The SMILES string of the molecule is CCOC(=O)O/C=C(\C(=O)OCC)N(C=O)[C@H](C)c1ccccc1. The fourth-order valence-electron chi connectivity index (χ4n) is 1.92. The van der Waals surface area contributed by atoms with E-state index in [0.717, 1.165) is 16.7 Å². The molecule has 0 bridgehead atoms. The maximum absolute atomic E-state index is 12.1. The Labute approximate surface area is 140 Å². The molecule has 130 valence electrons. The van der Waals surface area contributed by atoms with Gasteiger partial charge in [0.25, 0.3) is 0 Å². The van der Waals surface area contributed by atoms with Crippen LogP contribution in [0.15, 0.2) is 42.3 Å². The summed E-state index contributed by atoms with van der Waals surface area (Å²) >= 11 is 0. The Morgan fingerprint density at radius 1 is 1.12 bits per heavy atom. The second-order valence-electron chi connectivity index (χ2n) is 4.62. The molecule has 0 aliphatic heterocycles. The molecule has 1 aromatic rings. The zero-order valence-electron chi connectivity index (χ0n) is 13.9. The smallest absolute Gasteiger partial charge is 0.461 e. The highest BCUT2D eigenvalue weighted by molar-refractivity contribution is 5.90. The fraction of sp³-hybridized carbons (Fsp3) is 0.353. The molecule has 0 unspecified atom stereocenters. The maximum Gasteiger partial charge on any atom is 0.513 e. The van der Waals surface area contributed by atoms with Gasteiger partial charge in [0.1, 0.15) is 6.26 Å². The number of amides is 1. The van der Waals surface area contributed by atoms with Crippen LogP contribution in [-0.4, -0.2) is 36.6 Å². The summed E-state index contributed by atoms with van der Waals surface area (Å²) in [4.78, 5) is 36.1. The van der Waals surface area contributed by atoms with Gasteiger partial charge in [-0.05, 0) is 26.3 Å². The number of hydrogen-bond donors (Lipinski definition) is 0. The predicted octanol–water partition coefficient (Wildman–Crippen LogP) is 2.78. The molecule has 0 N–H and O–H groups in total. The highest BCUT2D eigenvalue weighted by atomic mass is 16.7. The number of hydrogen-bond acceptors (Lipinski definition) is 6. The van der Waals surface area contributed by atoms with Crippen molar-refractivity contribution in [3.63, 3.8) is 0 Å². The Balaban J connectivity index is 3.09. The molecule has 0 aliphatic carbocycles. The van der Waals surface area contributed by atoms with Crippen molar-refractivity contribution in [2.75, 3.05) is 13.2 Å². The van der Waals surface area contributed by atoms with E-state index < -0.39 is 18.2 Å². The van der Waals surface area contributed by atoms with Crippen LogP contribution in [0.1, 0.15) is 32.4 Å². The van der Waals surface area contributed by atoms with E-state index in [2.05, 4.69) is 4.74 Å². The zero-order chi connectivity index (χ0) is 17.9. The van der Waals surface area contributed by atoms with Crippen molar-refractivity contribution in [1.29, 1.82) is 0 Å². The summed E-state index contributed by atoms with van der Waals surface area (Å²) in [6, 6.07) is 8.64. The van der Waals surface area contributed by atoms with Crippen molar-refractivity contribution < 1.29 is 28.6 Å². The minimum atomic E-state index is -0.975. The standard InChI is InChI=1S/C17H21NO6/c1-4-22-16(20)15(11-24-17(21)23-5-2)18(12-19)13(3)14-9-7-6-8-10-14/h6-13H,4-5H2,1-3H3/b15-11+/t13-/m1/s1. The highest BCUT2D eigenvalue weighted by Gasteiger charge is 2.25. The van der Waals surface area contributed by atoms with Gasteiger partial charge in [0.2, 0.25) is 6.41 Å². The molecule has 0 fully saturated rings. The lowest BCUT2D eigenvalue weighted by Gasteiger charge is -2.26. The maximum atomic E-state index is 12.1. The van der Waals surface area contributed by atoms with Gasteiger partial charge in [0.15, 0.2) is 5.70 Å². The van der Waals surface area contributed by atoms with Crippen molar-refractivity contribution in [2.24, 2.45) is 0 Å². The lowest BCUT2D eigenvalue weighted by molar-refractivity contribution is -0.142. The summed E-state index contributed by atoms with van der Waals surface area (Å²) in [5.74, 6) is -0.781. The van der Waals surface area contributed by atoms with Gasteiger partial charge in [0.05, 0.1) is 19.3 Å². The molecule has 24 heavy (non-hydrogen) atoms. The van der Waals surface area contributed by atoms with Crippen LogP contribution >= 0.6 is 0 Å². The molecule has 7 nitrogen and oxygen atoms in total. The number of esters is 1. The van der Waals surface area contributed by atoms with Gasteiger partial charge in [-0.25, -0.2) is 9.59 Å². The van der Waals surface area contributed by atoms with Crippen molar-refractivity contribution in [3.8, 4) is 0 Å². The molecule has 1 aromatic carbocycles. The average molecular weight is 335 g/mol. The van der Waals surface area contributed by atoms with Crippen LogP contribution in [0.5, 0.6) is 0 Å². The Hall–Kier alpha value is -2.83. The first kappa shape index (κ1) is 19.2. The lowest BCUT2D eigenvalue weighted by atomic mass is 10.1. The van der Waals surface area contributed by atoms with Crippen LogP contribution in [0.2, 0.25) is 0 Å². The molecule has 0 heterocycles. The van der Waals surface area contributed by atoms with E-state index in [0.29, 0.717) is 6.41 Å². The molecular weight excluding hydrogens is 314 g/mol. The van der Waals surface area contributed by atoms with Gasteiger partial charge in [-0.15, -0.1) is 0 Å². The first-order valence-electron chi connectivity index (χ1n) is 7.54. The zero-order valence-corrected chi connectivity index (χ0v) is 13.9. The quantitative estimate of drug-likeness (QED) is 0.314. The summed E-state index contributed by atoms with van der Waals surface area (Å²) in [6.07, 6.45) is 0.371. The van der Waals surface area contributed by atoms with Crippen LogP contribution in [0.4, 0.5) is 4.79 Å². The molecule has 0 spiro atoms. The Morgan fingerprint density at radius 3 is 2.29 bits per heavy atom. The van der Waals surface area contributed by atoms with Crippen molar-refractivity contribution >= 4 is 18.5 Å². The van der Waals surface area contributed by atoms with Gasteiger partial charge in [-0.3, -0.25) is 9.69 Å². The second kappa shape index (κ2) is 10.0. The van der Waals surface area contributed by atoms with E-state index in [1.165, 1.54) is 0 Å². The predicted molar refractivity (Wildman–Crippen MR) is 85.6 cm³/mol. The summed E-state index contributed by atoms with van der Waals surface area (Å²) in [6.45, 7) is 5.22. The Bertz CT molecular complexity index is 584. The van der Waals surface area contributed by atoms with Crippen LogP contribution in [0, 0.1) is 0 Å². The van der Waals surface area contributed by atoms with E-state index in [9.17, 15) is 14.4 Å². The Kier molecular flexibility index (Phi) is 8.04. The minimum absolute atomic E-state index is 0.113. The van der Waals surface area contributed by atoms with E-state index in [1.54, 1.807) is 20.8 Å². The Morgan fingerprint density at radius 2 is 1.75 bits per heavy atom. The van der Waals surface area contributed by atoms with Crippen LogP contribution in [0.3, 0.4) is 0 Å². The summed E-state index contributed by atoms with van der Waals surface area (Å²) in [5, 5.41) is 0. The molecule has 1 amide bonds. The largest absolute Gasteiger partial charge is 0.513 e. The van der Waals surface area contributed by atoms with Gasteiger partial charge < -0.3 is 14.2 Å². The van der Waals surface area contributed by atoms with Gasteiger partial charge in [-0.2, -0.15) is 0 Å². The number of carbonyl (C=O) groups excluding carboxylic acids is 3. The van der Waals surface area contributed by atoms with Gasteiger partial charge in [-0.1, -0.05) is 30.3 Å². The lowest BCUT2D eigenvalue weighted by Crippen LogP contribution is -2.30. The molecule has 0 aromatic heterocycles. The summed E-state index contributed by atoms with van der Waals surface area (Å²) < 4.78 is 14.3. The van der Waals surface area contributed by atoms with Crippen molar-refractivity contribution in [1.82, 2.24) is 4.90 Å². The third-order valence-corrected chi connectivity index (χ3v) is 3.10. The molecule has 0 radical (unpaired) electrons. The van der Waals surface area contributed by atoms with Crippen LogP contribution < -0.4 is 0 Å². The summed E-state index contributed by atoms with van der Waals surface area (Å²) in [5.41, 5.74) is 0.604. The normalized spacial score (nSPS) is 12.0. The molecule has 0 aliphatic rings. The van der Waals surface area contributed by atoms with Gasteiger partial charge >= 0.3 is 12.1 Å². The monoisotopic (exact) mass is 335 g/mol. The van der Waals surface area contributed by atoms with Crippen LogP contribution in [0.25, 0.3) is 0 Å². The fourth-order valence-corrected chi connectivity index (χ4v) is 1.92. The third-order valence-electron chi connectivity index (χ3n) is 3.10. The van der Waals surface area contributed by atoms with E-state index in [4.69, 9.17) is 9.47 Å². The van der Waals surface area contributed by atoms with E-state index in [-0.39, 0.29) is 18.9 Å². The minimum Gasteiger partial charge on any atom is -0.461 e. The molecule has 7 heteroatoms. The molecule has 0 saturated carbocycles. The van der Waals surface area contributed by atoms with Crippen molar-refractivity contribution in [3.05, 3.63) is 47.9 Å². The van der Waals surface area contributed by atoms with E-state index in [1.807, 2.05) is 30.3 Å². The highest BCUT2D eigenvalue weighted by Crippen LogP contribution is 2.23. The van der Waals surface area contributed by atoms with Crippen molar-refractivity contribution in [2.45, 2.75) is 26.8 Å². The molecular formula is C17H21NO6. The first-order chi connectivity index (χ1) is 11.5. The molecule has 1 atom stereocenters. The number of rotatable bonds is 8. The van der Waals surface area contributed by atoms with Gasteiger partial charge in [0, 0.05) is 0 Å². The first-order valence-corrected chi connectivity index (χ1v) is 7.54. The topological polar surface area (TPSA) is 82.1 Å². The molecule has 0 saturated heterocycles. The number of benzene rings is 1. The average Bonchev–Trinajstić information content (AvgIpc) is 2.59.